The summed E-state index contributed by atoms with van der Waals surface area (Å²) in [5, 5.41) is 2.98. The minimum absolute atomic E-state index is 0.0351. The van der Waals surface area contributed by atoms with Crippen molar-refractivity contribution >= 4 is 23.5 Å². The summed E-state index contributed by atoms with van der Waals surface area (Å²) in [4.78, 5) is 43.8. The number of carbonyl (C=O) groups is 2. The molecule has 4 heterocycles. The first kappa shape index (κ1) is 21.8. The highest BCUT2D eigenvalue weighted by atomic mass is 16.2. The lowest BCUT2D eigenvalue weighted by atomic mass is 9.94. The third-order valence-corrected chi connectivity index (χ3v) is 7.40. The largest absolute Gasteiger partial charge is 0.373 e. The van der Waals surface area contributed by atoms with Crippen molar-refractivity contribution in [3.8, 4) is 0 Å². The van der Waals surface area contributed by atoms with Gasteiger partial charge in [-0.1, -0.05) is 12.8 Å². The molecule has 0 aromatic carbocycles. The Morgan fingerprint density at radius 3 is 2.58 bits per heavy atom. The van der Waals surface area contributed by atoms with Gasteiger partial charge < -0.3 is 10.2 Å². The third-order valence-electron chi connectivity index (χ3n) is 7.40. The quantitative estimate of drug-likeness (QED) is 0.770. The van der Waals surface area contributed by atoms with Gasteiger partial charge in [-0.3, -0.25) is 14.5 Å². The number of anilines is 2. The minimum Gasteiger partial charge on any atom is -0.373 e. The number of nitrogens with one attached hydrogen (secondary N) is 1. The number of aromatic nitrogens is 3. The average molecular weight is 449 g/mol. The average Bonchev–Trinajstić information content (AvgIpc) is 3.38. The van der Waals surface area contributed by atoms with Gasteiger partial charge in [0.05, 0.1) is 0 Å². The number of aryl methyl sites for hydroxylation is 1. The summed E-state index contributed by atoms with van der Waals surface area (Å²) >= 11 is 0. The molecule has 1 saturated heterocycles. The molecule has 8 heteroatoms. The molecular weight excluding hydrogens is 416 g/mol. The predicted octanol–water partition coefficient (Wildman–Crippen LogP) is 3.46. The van der Waals surface area contributed by atoms with Crippen molar-refractivity contribution in [2.45, 2.75) is 70.3 Å². The number of rotatable bonds is 4. The fourth-order valence-electron chi connectivity index (χ4n) is 5.51. The summed E-state index contributed by atoms with van der Waals surface area (Å²) in [5.41, 5.74) is 2.79. The molecule has 0 unspecified atom stereocenters. The van der Waals surface area contributed by atoms with Crippen molar-refractivity contribution < 1.29 is 9.59 Å². The highest BCUT2D eigenvalue weighted by Crippen LogP contribution is 2.36. The van der Waals surface area contributed by atoms with Crippen LogP contribution in [0.5, 0.6) is 0 Å². The van der Waals surface area contributed by atoms with E-state index < -0.39 is 0 Å². The minimum atomic E-state index is 0.0351. The molecule has 0 atom stereocenters. The second-order valence-corrected chi connectivity index (χ2v) is 9.42. The van der Waals surface area contributed by atoms with E-state index in [2.05, 4.69) is 10.3 Å². The number of hydrogen-bond donors (Lipinski definition) is 1. The van der Waals surface area contributed by atoms with Crippen LogP contribution in [-0.2, 0) is 11.2 Å². The number of hydrogen-bond acceptors (Lipinski definition) is 6. The number of likely N-dealkylation sites (tertiary alicyclic amines) is 1. The van der Waals surface area contributed by atoms with Crippen LogP contribution in [0, 0.1) is 6.92 Å². The molecule has 2 amide bonds. The first-order valence-corrected chi connectivity index (χ1v) is 12.2. The molecular formula is C25H32N6O2. The highest BCUT2D eigenvalue weighted by molar-refractivity contribution is 5.96. The molecule has 2 aromatic rings. The van der Waals surface area contributed by atoms with Crippen molar-refractivity contribution in [1.82, 2.24) is 19.9 Å². The Labute approximate surface area is 194 Å². The van der Waals surface area contributed by atoms with E-state index in [4.69, 9.17) is 9.97 Å². The van der Waals surface area contributed by atoms with E-state index in [1.807, 2.05) is 16.7 Å². The van der Waals surface area contributed by atoms with Gasteiger partial charge in [-0.2, -0.15) is 0 Å². The van der Waals surface area contributed by atoms with Crippen molar-refractivity contribution in [3.05, 3.63) is 41.0 Å². The standard InChI is InChI=1S/C25H32N6O2/c1-16-20-7-8-22(32)31(19-5-3-4-6-19)24(20)29-23(28-16)17-10-13-30(14-11-17)25(33)18-9-12-27-21(15-18)26-2/h9,12,15,17,19H,3-8,10-11,13-14H2,1-2H3,(H,26,27). The maximum Gasteiger partial charge on any atom is 0.254 e. The van der Waals surface area contributed by atoms with E-state index in [0.717, 1.165) is 55.0 Å². The zero-order chi connectivity index (χ0) is 22.9. The Bertz CT molecular complexity index is 1060. The molecule has 0 radical (unpaired) electrons. The molecule has 1 aliphatic carbocycles. The van der Waals surface area contributed by atoms with Gasteiger partial charge in [-0.15, -0.1) is 0 Å². The van der Waals surface area contributed by atoms with E-state index in [1.165, 1.54) is 12.8 Å². The lowest BCUT2D eigenvalue weighted by molar-refractivity contribution is -0.119. The molecule has 8 nitrogen and oxygen atoms in total. The fourth-order valence-corrected chi connectivity index (χ4v) is 5.51. The lowest BCUT2D eigenvalue weighted by Crippen LogP contribution is -2.43. The smallest absolute Gasteiger partial charge is 0.254 e. The third kappa shape index (κ3) is 4.18. The summed E-state index contributed by atoms with van der Waals surface area (Å²) in [7, 11) is 1.80. The maximum absolute atomic E-state index is 13.0. The zero-order valence-corrected chi connectivity index (χ0v) is 19.5. The first-order valence-electron chi connectivity index (χ1n) is 12.2. The Morgan fingerprint density at radius 1 is 1.09 bits per heavy atom. The van der Waals surface area contributed by atoms with Gasteiger partial charge in [-0.05, 0) is 51.2 Å². The van der Waals surface area contributed by atoms with E-state index in [1.54, 1.807) is 25.4 Å². The number of carbonyl (C=O) groups excluding carboxylic acids is 2. The van der Waals surface area contributed by atoms with Crippen LogP contribution in [0.1, 0.15) is 78.3 Å². The van der Waals surface area contributed by atoms with Gasteiger partial charge in [0.2, 0.25) is 5.91 Å². The molecule has 5 rings (SSSR count). The van der Waals surface area contributed by atoms with E-state index in [0.29, 0.717) is 30.9 Å². The molecule has 3 aliphatic rings. The first-order chi connectivity index (χ1) is 16.0. The van der Waals surface area contributed by atoms with Crippen molar-refractivity contribution in [2.24, 2.45) is 0 Å². The number of nitrogens with zero attached hydrogens (tertiary/aromatic N) is 5. The van der Waals surface area contributed by atoms with Crippen molar-refractivity contribution in [3.63, 3.8) is 0 Å². The summed E-state index contributed by atoms with van der Waals surface area (Å²) in [6.45, 7) is 3.39. The Hall–Kier alpha value is -3.03. The second kappa shape index (κ2) is 9.08. The van der Waals surface area contributed by atoms with E-state index >= 15 is 0 Å². The molecule has 174 valence electrons. The number of piperidine rings is 1. The predicted molar refractivity (Wildman–Crippen MR) is 126 cm³/mol. The Morgan fingerprint density at radius 2 is 1.85 bits per heavy atom. The molecule has 1 N–H and O–H groups in total. The van der Waals surface area contributed by atoms with Gasteiger partial charge in [0, 0.05) is 61.5 Å². The molecule has 1 saturated carbocycles. The van der Waals surface area contributed by atoms with Crippen LogP contribution in [0.3, 0.4) is 0 Å². The zero-order valence-electron chi connectivity index (χ0n) is 19.5. The van der Waals surface area contributed by atoms with Gasteiger partial charge in [-0.25, -0.2) is 15.0 Å². The molecule has 0 spiro atoms. The van der Waals surface area contributed by atoms with Crippen LogP contribution in [0.4, 0.5) is 11.6 Å². The van der Waals surface area contributed by atoms with Crippen molar-refractivity contribution in [2.75, 3.05) is 30.4 Å². The highest BCUT2D eigenvalue weighted by Gasteiger charge is 2.36. The van der Waals surface area contributed by atoms with Gasteiger partial charge in [0.15, 0.2) is 0 Å². The molecule has 2 fully saturated rings. The van der Waals surface area contributed by atoms with E-state index in [9.17, 15) is 9.59 Å². The van der Waals surface area contributed by atoms with Crippen LogP contribution >= 0.6 is 0 Å². The lowest BCUT2D eigenvalue weighted by Gasteiger charge is -2.35. The SMILES string of the molecule is CNc1cc(C(=O)N2CCC(c3nc(C)c4c(n3)N(C3CCCC3)C(=O)CC4)CC2)ccn1. The number of pyridine rings is 1. The summed E-state index contributed by atoms with van der Waals surface area (Å²) in [6, 6.07) is 3.83. The number of amides is 2. The topological polar surface area (TPSA) is 91.3 Å². The second-order valence-electron chi connectivity index (χ2n) is 9.42. The Kier molecular flexibility index (Phi) is 6.00. The summed E-state index contributed by atoms with van der Waals surface area (Å²) < 4.78 is 0. The van der Waals surface area contributed by atoms with Gasteiger partial charge >= 0.3 is 0 Å². The van der Waals surface area contributed by atoms with Crippen LogP contribution in [-0.4, -0.2) is 57.8 Å². The van der Waals surface area contributed by atoms with E-state index in [-0.39, 0.29) is 23.8 Å². The van der Waals surface area contributed by atoms with Gasteiger partial charge in [0.1, 0.15) is 17.5 Å². The summed E-state index contributed by atoms with van der Waals surface area (Å²) in [6.07, 6.45) is 9.09. The van der Waals surface area contributed by atoms with Crippen molar-refractivity contribution in [1.29, 1.82) is 0 Å². The van der Waals surface area contributed by atoms with Gasteiger partial charge in [0.25, 0.3) is 5.91 Å². The van der Waals surface area contributed by atoms with Crippen LogP contribution < -0.4 is 10.2 Å². The fraction of sp³-hybridized carbons (Fsp3) is 0.560. The molecule has 33 heavy (non-hydrogen) atoms. The maximum atomic E-state index is 13.0. The molecule has 2 aliphatic heterocycles. The summed E-state index contributed by atoms with van der Waals surface area (Å²) in [5.74, 6) is 2.82. The molecule has 2 aromatic heterocycles. The Balaban J connectivity index is 1.33. The number of fused-ring (bicyclic) bond motifs is 1. The van der Waals surface area contributed by atoms with Crippen LogP contribution in [0.25, 0.3) is 0 Å². The van der Waals surface area contributed by atoms with Crippen LogP contribution in [0.15, 0.2) is 18.3 Å². The normalized spacial score (nSPS) is 19.6. The van der Waals surface area contributed by atoms with Crippen LogP contribution in [0.2, 0.25) is 0 Å². The monoisotopic (exact) mass is 448 g/mol. The molecule has 0 bridgehead atoms.